The smallest absolute Gasteiger partial charge is 0.0932 e. The largest absolute Gasteiger partial charge is 0.399 e. The molecule has 3 heteroatoms. The third-order valence-corrected chi connectivity index (χ3v) is 5.80. The minimum absolute atomic E-state index is 0.0925. The lowest BCUT2D eigenvalue weighted by Crippen LogP contribution is -2.50. The van der Waals surface area contributed by atoms with Crippen LogP contribution < -0.4 is 5.73 Å². The van der Waals surface area contributed by atoms with E-state index < -0.39 is 5.60 Å². The molecule has 2 unspecified atom stereocenters. The zero-order chi connectivity index (χ0) is 13.8. The monoisotopic (exact) mass is 273 g/mol. The quantitative estimate of drug-likeness (QED) is 0.774. The molecule has 3 nitrogen and oxygen atoms in total. The second kappa shape index (κ2) is 4.22. The van der Waals surface area contributed by atoms with E-state index in [2.05, 4.69) is 0 Å². The van der Waals surface area contributed by atoms with Crippen molar-refractivity contribution in [1.82, 2.24) is 0 Å². The highest BCUT2D eigenvalue weighted by Gasteiger charge is 2.51. The van der Waals surface area contributed by atoms with Gasteiger partial charge >= 0.3 is 0 Å². The van der Waals surface area contributed by atoms with E-state index in [1.165, 1.54) is 24.8 Å². The van der Waals surface area contributed by atoms with Crippen LogP contribution in [-0.2, 0) is 16.8 Å². The molecule has 2 fully saturated rings. The van der Waals surface area contributed by atoms with E-state index in [1.54, 1.807) is 0 Å². The third kappa shape index (κ3) is 1.73. The Hall–Kier alpha value is -1.06. The second-order valence-electron chi connectivity index (χ2n) is 6.92. The van der Waals surface area contributed by atoms with Crippen LogP contribution in [-0.4, -0.2) is 17.3 Å². The first-order chi connectivity index (χ1) is 9.61. The van der Waals surface area contributed by atoms with Gasteiger partial charge in [0.2, 0.25) is 0 Å². The average Bonchev–Trinajstić information content (AvgIpc) is 2.75. The molecule has 3 aliphatic rings. The molecule has 0 amide bonds. The summed E-state index contributed by atoms with van der Waals surface area (Å²) in [5, 5.41) is 11.3. The molecule has 1 spiro atoms. The van der Waals surface area contributed by atoms with E-state index in [1.807, 2.05) is 18.2 Å². The maximum atomic E-state index is 11.3. The number of nitrogen functional groups attached to an aromatic ring is 1. The topological polar surface area (TPSA) is 55.5 Å². The molecule has 0 bridgehead atoms. The molecule has 2 atom stereocenters. The molecular weight excluding hydrogens is 250 g/mol. The molecule has 1 saturated heterocycles. The predicted molar refractivity (Wildman–Crippen MR) is 78.3 cm³/mol. The van der Waals surface area contributed by atoms with Crippen LogP contribution in [0.3, 0.4) is 0 Å². The van der Waals surface area contributed by atoms with Gasteiger partial charge in [-0.1, -0.05) is 6.07 Å². The lowest BCUT2D eigenvalue weighted by atomic mass is 9.66. The second-order valence-corrected chi connectivity index (χ2v) is 6.92. The first kappa shape index (κ1) is 12.7. The van der Waals surface area contributed by atoms with Crippen LogP contribution in [0.1, 0.15) is 49.7 Å². The van der Waals surface area contributed by atoms with Crippen molar-refractivity contribution in [3.63, 3.8) is 0 Å². The molecule has 0 radical (unpaired) electrons. The number of fused-ring (bicyclic) bond motifs is 1. The number of benzene rings is 1. The van der Waals surface area contributed by atoms with Gasteiger partial charge in [-0.25, -0.2) is 0 Å². The fraction of sp³-hybridized carbons (Fsp3) is 0.647. The first-order valence-corrected chi connectivity index (χ1v) is 7.87. The third-order valence-electron chi connectivity index (χ3n) is 5.80. The van der Waals surface area contributed by atoms with Gasteiger partial charge < -0.3 is 15.6 Å². The van der Waals surface area contributed by atoms with Crippen LogP contribution in [0.5, 0.6) is 0 Å². The molecule has 1 heterocycles. The fourth-order valence-electron chi connectivity index (χ4n) is 4.48. The highest BCUT2D eigenvalue weighted by molar-refractivity contribution is 5.49. The van der Waals surface area contributed by atoms with Crippen LogP contribution in [0.25, 0.3) is 0 Å². The summed E-state index contributed by atoms with van der Waals surface area (Å²) in [4.78, 5) is 0. The maximum absolute atomic E-state index is 11.3. The summed E-state index contributed by atoms with van der Waals surface area (Å²) in [5.41, 5.74) is 8.46. The van der Waals surface area contributed by atoms with Crippen LogP contribution in [0.4, 0.5) is 5.69 Å². The van der Waals surface area contributed by atoms with Crippen molar-refractivity contribution in [1.29, 1.82) is 0 Å². The lowest BCUT2D eigenvalue weighted by Gasteiger charge is -2.50. The molecular formula is C17H23NO2. The van der Waals surface area contributed by atoms with Gasteiger partial charge in [0, 0.05) is 12.3 Å². The summed E-state index contributed by atoms with van der Waals surface area (Å²) >= 11 is 0. The number of hydrogen-bond donors (Lipinski definition) is 2. The summed E-state index contributed by atoms with van der Waals surface area (Å²) in [6.45, 7) is 0.803. The Labute approximate surface area is 120 Å². The van der Waals surface area contributed by atoms with Gasteiger partial charge in [0.15, 0.2) is 0 Å². The summed E-state index contributed by atoms with van der Waals surface area (Å²) in [7, 11) is 0. The van der Waals surface area contributed by atoms with E-state index in [-0.39, 0.29) is 5.60 Å². The van der Waals surface area contributed by atoms with Crippen LogP contribution in [0.2, 0.25) is 0 Å². The van der Waals surface area contributed by atoms with Crippen molar-refractivity contribution in [3.05, 3.63) is 29.3 Å². The Morgan fingerprint density at radius 3 is 2.85 bits per heavy atom. The number of nitrogens with two attached hydrogens (primary N) is 1. The number of ether oxygens (including phenoxy) is 1. The molecule has 1 saturated carbocycles. The highest BCUT2D eigenvalue weighted by atomic mass is 16.5. The van der Waals surface area contributed by atoms with Crippen LogP contribution >= 0.6 is 0 Å². The van der Waals surface area contributed by atoms with E-state index in [0.29, 0.717) is 5.92 Å². The van der Waals surface area contributed by atoms with Gasteiger partial charge in [-0.3, -0.25) is 0 Å². The summed E-state index contributed by atoms with van der Waals surface area (Å²) in [6, 6.07) is 6.00. The summed E-state index contributed by atoms with van der Waals surface area (Å²) in [6.07, 6.45) is 7.41. The van der Waals surface area contributed by atoms with E-state index in [0.717, 1.165) is 43.5 Å². The normalized spacial score (nSPS) is 34.8. The molecule has 2 aliphatic carbocycles. The van der Waals surface area contributed by atoms with E-state index >= 15 is 0 Å². The van der Waals surface area contributed by atoms with E-state index in [4.69, 9.17) is 10.5 Å². The molecule has 1 aromatic rings. The fourth-order valence-corrected chi connectivity index (χ4v) is 4.48. The zero-order valence-electron chi connectivity index (χ0n) is 11.9. The Balaban J connectivity index is 1.65. The first-order valence-electron chi connectivity index (χ1n) is 7.87. The Bertz CT molecular complexity index is 538. The Morgan fingerprint density at radius 1 is 1.25 bits per heavy atom. The number of aryl methyl sites for hydroxylation is 1. The van der Waals surface area contributed by atoms with Crippen molar-refractivity contribution in [2.45, 2.75) is 56.1 Å². The molecule has 1 aliphatic heterocycles. The molecule has 1 aromatic carbocycles. The number of anilines is 1. The molecule has 4 rings (SSSR count). The van der Waals surface area contributed by atoms with Gasteiger partial charge in [-0.2, -0.15) is 0 Å². The molecule has 108 valence electrons. The minimum Gasteiger partial charge on any atom is -0.399 e. The van der Waals surface area contributed by atoms with Gasteiger partial charge in [0.05, 0.1) is 11.2 Å². The van der Waals surface area contributed by atoms with Gasteiger partial charge in [0.25, 0.3) is 0 Å². The average molecular weight is 273 g/mol. The van der Waals surface area contributed by atoms with Gasteiger partial charge in [-0.15, -0.1) is 0 Å². The summed E-state index contributed by atoms with van der Waals surface area (Å²) in [5.74, 6) is 0.335. The van der Waals surface area contributed by atoms with Crippen molar-refractivity contribution in [3.8, 4) is 0 Å². The van der Waals surface area contributed by atoms with Crippen LogP contribution in [0.15, 0.2) is 18.2 Å². The van der Waals surface area contributed by atoms with Crippen molar-refractivity contribution < 1.29 is 9.84 Å². The number of aliphatic hydroxyl groups is 1. The van der Waals surface area contributed by atoms with Gasteiger partial charge in [0.1, 0.15) is 0 Å². The minimum atomic E-state index is -0.657. The Kier molecular flexibility index (Phi) is 2.67. The molecule has 20 heavy (non-hydrogen) atoms. The summed E-state index contributed by atoms with van der Waals surface area (Å²) < 4.78 is 6.01. The standard InChI is InChI=1S/C17H23NO2/c18-14-2-3-15-12(10-14)4-8-17(15,19)13-5-9-20-16(11-13)6-1-7-16/h2-3,10,13,19H,1,4-9,11,18H2. The molecule has 3 N–H and O–H groups in total. The predicted octanol–water partition coefficient (Wildman–Crippen LogP) is 2.75. The maximum Gasteiger partial charge on any atom is 0.0932 e. The van der Waals surface area contributed by atoms with Gasteiger partial charge in [-0.05, 0) is 74.1 Å². The van der Waals surface area contributed by atoms with Crippen molar-refractivity contribution in [2.75, 3.05) is 12.3 Å². The van der Waals surface area contributed by atoms with Crippen molar-refractivity contribution >= 4 is 5.69 Å². The highest BCUT2D eigenvalue weighted by Crippen LogP contribution is 2.52. The van der Waals surface area contributed by atoms with Crippen molar-refractivity contribution in [2.24, 2.45) is 5.92 Å². The van der Waals surface area contributed by atoms with E-state index in [9.17, 15) is 5.11 Å². The van der Waals surface area contributed by atoms with Crippen LogP contribution in [0, 0.1) is 5.92 Å². The number of hydrogen-bond acceptors (Lipinski definition) is 3. The number of rotatable bonds is 1. The Morgan fingerprint density at radius 2 is 2.10 bits per heavy atom. The SMILES string of the molecule is Nc1ccc2c(c1)CCC2(O)C1CCOC2(CCC2)C1. The lowest BCUT2D eigenvalue weighted by molar-refractivity contribution is -0.177. The zero-order valence-corrected chi connectivity index (χ0v) is 11.9. The molecule has 0 aromatic heterocycles.